The summed E-state index contributed by atoms with van der Waals surface area (Å²) in [6.07, 6.45) is -7.44. The summed E-state index contributed by atoms with van der Waals surface area (Å²) in [5.74, 6) is 0.0573. The van der Waals surface area contributed by atoms with Crippen molar-refractivity contribution in [2.75, 3.05) is 42.5 Å². The summed E-state index contributed by atoms with van der Waals surface area (Å²) < 4.78 is 76.3. The lowest BCUT2D eigenvalue weighted by molar-refractivity contribution is -0.138. The zero-order valence-electron chi connectivity index (χ0n) is 21.5. The highest BCUT2D eigenvalue weighted by Gasteiger charge is 2.36. The fraction of sp³-hybridized carbons (Fsp3) is 0.520. The molecule has 2 aliphatic heterocycles. The minimum Gasteiger partial charge on any atom is -0.486 e. The van der Waals surface area contributed by atoms with E-state index in [-0.39, 0.29) is 54.9 Å². The molecule has 1 aromatic heterocycles. The number of hydrogen-bond acceptors (Lipinski definition) is 7. The largest absolute Gasteiger partial charge is 0.486 e. The van der Waals surface area contributed by atoms with Gasteiger partial charge in [-0.05, 0) is 39.0 Å². The number of halogens is 5. The summed E-state index contributed by atoms with van der Waals surface area (Å²) in [6.45, 7) is 6.13. The van der Waals surface area contributed by atoms with Crippen LogP contribution >= 0.6 is 0 Å². The molecule has 9 nitrogen and oxygen atoms in total. The van der Waals surface area contributed by atoms with E-state index in [9.17, 15) is 31.5 Å². The summed E-state index contributed by atoms with van der Waals surface area (Å²) in [7, 11) is 0. The average molecular weight is 558 g/mol. The van der Waals surface area contributed by atoms with E-state index in [1.807, 2.05) is 0 Å². The van der Waals surface area contributed by atoms with Gasteiger partial charge in [0.1, 0.15) is 17.5 Å². The Labute approximate surface area is 221 Å². The number of carbonyl (C=O) groups is 2. The van der Waals surface area contributed by atoms with E-state index in [4.69, 9.17) is 9.47 Å². The number of rotatable bonds is 4. The molecule has 0 aliphatic carbocycles. The van der Waals surface area contributed by atoms with Crippen LogP contribution in [0.3, 0.4) is 0 Å². The molecular weight excluding hydrogens is 529 g/mol. The van der Waals surface area contributed by atoms with Crippen molar-refractivity contribution in [1.29, 1.82) is 0 Å². The highest BCUT2D eigenvalue weighted by Crippen LogP contribution is 2.38. The lowest BCUT2D eigenvalue weighted by Gasteiger charge is -2.38. The number of benzene rings is 1. The highest BCUT2D eigenvalue weighted by atomic mass is 19.4. The van der Waals surface area contributed by atoms with E-state index in [0.29, 0.717) is 13.1 Å². The second-order valence-corrected chi connectivity index (χ2v) is 10.2. The Morgan fingerprint density at radius 3 is 2.28 bits per heavy atom. The van der Waals surface area contributed by atoms with Crippen molar-refractivity contribution in [3.63, 3.8) is 0 Å². The molecule has 0 radical (unpaired) electrons. The summed E-state index contributed by atoms with van der Waals surface area (Å²) in [5, 5.41) is 0. The number of ether oxygens (including phenoxy) is 2. The Morgan fingerprint density at radius 1 is 1.08 bits per heavy atom. The van der Waals surface area contributed by atoms with E-state index in [2.05, 4.69) is 9.97 Å². The minimum absolute atomic E-state index is 0.0836. The Morgan fingerprint density at radius 2 is 1.72 bits per heavy atom. The molecule has 1 unspecified atom stereocenters. The molecule has 1 aromatic carbocycles. The van der Waals surface area contributed by atoms with Crippen molar-refractivity contribution in [2.24, 2.45) is 0 Å². The SMILES string of the molecule is CC(C)(C)OC(=O)N1CC(CC(=O)N2CCN(c3ncc(C(F)(F)F)cn3)CC2)Oc2ccc(C(F)F)cc21. The first kappa shape index (κ1) is 28.3. The fourth-order valence-corrected chi connectivity index (χ4v) is 4.21. The van der Waals surface area contributed by atoms with Crippen molar-refractivity contribution in [1.82, 2.24) is 14.9 Å². The van der Waals surface area contributed by atoms with E-state index in [0.717, 1.165) is 12.4 Å². The van der Waals surface area contributed by atoms with Crippen LogP contribution in [0.15, 0.2) is 30.6 Å². The zero-order chi connectivity index (χ0) is 28.5. The Balaban J connectivity index is 1.41. The van der Waals surface area contributed by atoms with Gasteiger partial charge in [0.25, 0.3) is 6.43 Å². The molecule has 3 heterocycles. The summed E-state index contributed by atoms with van der Waals surface area (Å²) in [5.41, 5.74) is -1.93. The van der Waals surface area contributed by atoms with E-state index >= 15 is 0 Å². The standard InChI is InChI=1S/C25H28F5N5O4/c1-24(2,3)39-23(37)35-14-17(38-19-5-4-15(21(26)27)10-18(19)35)11-20(36)33-6-8-34(9-7-33)22-31-12-16(13-32-22)25(28,29)30/h4-5,10,12-13,17,21H,6-9,11,14H2,1-3H3. The topological polar surface area (TPSA) is 88.1 Å². The van der Waals surface area contributed by atoms with E-state index in [1.54, 1.807) is 30.6 Å². The van der Waals surface area contributed by atoms with Crippen molar-refractivity contribution in [3.05, 3.63) is 41.7 Å². The zero-order valence-corrected chi connectivity index (χ0v) is 21.5. The van der Waals surface area contributed by atoms with Gasteiger partial charge in [-0.2, -0.15) is 13.2 Å². The van der Waals surface area contributed by atoms with Gasteiger partial charge in [-0.1, -0.05) is 0 Å². The minimum atomic E-state index is -4.53. The fourth-order valence-electron chi connectivity index (χ4n) is 4.21. The van der Waals surface area contributed by atoms with Crippen LogP contribution < -0.4 is 14.5 Å². The van der Waals surface area contributed by atoms with Crippen molar-refractivity contribution in [3.8, 4) is 5.75 Å². The number of carbonyl (C=O) groups excluding carboxylic acids is 2. The molecular formula is C25H28F5N5O4. The summed E-state index contributed by atoms with van der Waals surface area (Å²) >= 11 is 0. The van der Waals surface area contributed by atoms with Gasteiger partial charge in [-0.25, -0.2) is 23.5 Å². The predicted molar refractivity (Wildman–Crippen MR) is 130 cm³/mol. The molecule has 1 atom stereocenters. The normalized spacial score (nSPS) is 18.1. The Kier molecular flexibility index (Phi) is 7.84. The smallest absolute Gasteiger partial charge is 0.419 e. The molecule has 1 fully saturated rings. The molecule has 2 aliphatic rings. The third kappa shape index (κ3) is 6.84. The van der Waals surface area contributed by atoms with Crippen LogP contribution in [0.2, 0.25) is 0 Å². The van der Waals surface area contributed by atoms with Crippen LogP contribution in [0.25, 0.3) is 0 Å². The van der Waals surface area contributed by atoms with Crippen LogP contribution in [0, 0.1) is 0 Å². The number of nitrogens with zero attached hydrogens (tertiary/aromatic N) is 5. The van der Waals surface area contributed by atoms with Gasteiger partial charge in [0.15, 0.2) is 0 Å². The Bertz CT molecular complexity index is 1190. The Hall–Kier alpha value is -3.71. The van der Waals surface area contributed by atoms with Crippen LogP contribution in [-0.2, 0) is 15.7 Å². The van der Waals surface area contributed by atoms with Gasteiger partial charge >= 0.3 is 12.3 Å². The number of piperazine rings is 1. The van der Waals surface area contributed by atoms with Crippen LogP contribution in [0.1, 0.15) is 44.7 Å². The van der Waals surface area contributed by atoms with Crippen molar-refractivity contribution < 1.29 is 41.0 Å². The van der Waals surface area contributed by atoms with Crippen LogP contribution in [0.4, 0.5) is 38.4 Å². The molecule has 0 bridgehead atoms. The number of hydrogen-bond donors (Lipinski definition) is 0. The number of anilines is 2. The average Bonchev–Trinajstić information content (AvgIpc) is 2.86. The van der Waals surface area contributed by atoms with Gasteiger partial charge in [0, 0.05) is 44.1 Å². The monoisotopic (exact) mass is 557 g/mol. The predicted octanol–water partition coefficient (Wildman–Crippen LogP) is 4.67. The third-order valence-electron chi connectivity index (χ3n) is 6.10. The number of aromatic nitrogens is 2. The molecule has 1 saturated heterocycles. The quantitative estimate of drug-likeness (QED) is 0.505. The maximum atomic E-state index is 13.3. The van der Waals surface area contributed by atoms with E-state index < -0.39 is 36.0 Å². The second-order valence-electron chi connectivity index (χ2n) is 10.2. The molecule has 0 saturated carbocycles. The highest BCUT2D eigenvalue weighted by molar-refractivity contribution is 5.91. The molecule has 2 amide bonds. The molecule has 0 spiro atoms. The second kappa shape index (κ2) is 10.8. The lowest BCUT2D eigenvalue weighted by Crippen LogP contribution is -2.51. The number of fused-ring (bicyclic) bond motifs is 1. The first-order valence-electron chi connectivity index (χ1n) is 12.2. The van der Waals surface area contributed by atoms with E-state index in [1.165, 1.54) is 23.1 Å². The van der Waals surface area contributed by atoms with Gasteiger partial charge in [0.2, 0.25) is 11.9 Å². The maximum Gasteiger partial charge on any atom is 0.419 e. The molecule has 14 heteroatoms. The first-order valence-corrected chi connectivity index (χ1v) is 12.2. The van der Waals surface area contributed by atoms with Gasteiger partial charge in [-0.15, -0.1) is 0 Å². The lowest BCUT2D eigenvalue weighted by atomic mass is 10.1. The summed E-state index contributed by atoms with van der Waals surface area (Å²) in [6, 6.07) is 3.71. The molecule has 2 aromatic rings. The van der Waals surface area contributed by atoms with Gasteiger partial charge in [0.05, 0.1) is 24.2 Å². The van der Waals surface area contributed by atoms with Crippen LogP contribution in [0.5, 0.6) is 5.75 Å². The van der Waals surface area contributed by atoms with Crippen molar-refractivity contribution >= 4 is 23.6 Å². The van der Waals surface area contributed by atoms with Gasteiger partial charge in [-0.3, -0.25) is 9.69 Å². The molecule has 39 heavy (non-hydrogen) atoms. The maximum absolute atomic E-state index is 13.3. The molecule has 212 valence electrons. The van der Waals surface area contributed by atoms with Gasteiger partial charge < -0.3 is 19.3 Å². The van der Waals surface area contributed by atoms with Crippen molar-refractivity contribution in [2.45, 2.75) is 51.5 Å². The molecule has 0 N–H and O–H groups in total. The number of amides is 2. The first-order chi connectivity index (χ1) is 18.2. The molecule has 4 rings (SSSR count). The number of alkyl halides is 5. The van der Waals surface area contributed by atoms with Crippen LogP contribution in [-0.4, -0.2) is 71.3 Å². The summed E-state index contributed by atoms with van der Waals surface area (Å²) in [4.78, 5) is 38.0. The third-order valence-corrected chi connectivity index (χ3v) is 6.10.